The average Bonchev–Trinajstić information content (AvgIpc) is 2.70. The van der Waals surface area contributed by atoms with Crippen LogP contribution < -0.4 is 0 Å². The zero-order chi connectivity index (χ0) is 12.3. The molecular formula is C14H16O3. The van der Waals surface area contributed by atoms with Gasteiger partial charge in [0.1, 0.15) is 17.8 Å². The van der Waals surface area contributed by atoms with E-state index in [2.05, 4.69) is 0 Å². The Balaban J connectivity index is 2.05. The molecule has 90 valence electrons. The van der Waals surface area contributed by atoms with Crippen molar-refractivity contribution >= 4 is 16.9 Å². The lowest BCUT2D eigenvalue weighted by Crippen LogP contribution is -2.15. The van der Waals surface area contributed by atoms with Crippen LogP contribution in [0.2, 0.25) is 0 Å². The normalized spacial score (nSPS) is 12.6. The Morgan fingerprint density at radius 3 is 2.88 bits per heavy atom. The van der Waals surface area contributed by atoms with E-state index in [4.69, 9.17) is 9.15 Å². The van der Waals surface area contributed by atoms with Crippen LogP contribution in [0.5, 0.6) is 0 Å². The topological polar surface area (TPSA) is 39.4 Å². The van der Waals surface area contributed by atoms with Crippen LogP contribution in [-0.2, 0) is 16.0 Å². The van der Waals surface area contributed by atoms with Crippen LogP contribution >= 0.6 is 0 Å². The molecule has 3 heteroatoms. The molecule has 0 saturated carbocycles. The lowest BCUT2D eigenvalue weighted by molar-refractivity contribution is -0.147. The lowest BCUT2D eigenvalue weighted by Gasteiger charge is -2.09. The molecule has 0 spiro atoms. The Hall–Kier alpha value is -1.77. The summed E-state index contributed by atoms with van der Waals surface area (Å²) in [7, 11) is 0. The van der Waals surface area contributed by atoms with E-state index in [1.807, 2.05) is 44.2 Å². The molecule has 1 aromatic heterocycles. The van der Waals surface area contributed by atoms with E-state index in [0.717, 1.165) is 17.4 Å². The predicted octanol–water partition coefficient (Wildman–Crippen LogP) is 3.32. The smallest absolute Gasteiger partial charge is 0.313 e. The molecule has 1 atom stereocenters. The highest BCUT2D eigenvalue weighted by atomic mass is 16.5. The first kappa shape index (κ1) is 11.7. The van der Waals surface area contributed by atoms with Crippen LogP contribution in [0, 0.1) is 0 Å². The minimum absolute atomic E-state index is 0.0353. The lowest BCUT2D eigenvalue weighted by atomic mass is 10.2. The molecule has 0 aliphatic heterocycles. The van der Waals surface area contributed by atoms with Gasteiger partial charge < -0.3 is 9.15 Å². The molecule has 2 rings (SSSR count). The van der Waals surface area contributed by atoms with Gasteiger partial charge in [-0.25, -0.2) is 0 Å². The summed E-state index contributed by atoms with van der Waals surface area (Å²) in [6, 6.07) is 9.58. The largest absolute Gasteiger partial charge is 0.462 e. The fourth-order valence-electron chi connectivity index (χ4n) is 1.62. The molecule has 2 aromatic rings. The molecular weight excluding hydrogens is 216 g/mol. The third kappa shape index (κ3) is 2.87. The maximum absolute atomic E-state index is 11.6. The number of carbonyl (C=O) groups excluding carboxylic acids is 1. The van der Waals surface area contributed by atoms with Crippen molar-refractivity contribution in [3.63, 3.8) is 0 Å². The molecule has 0 saturated heterocycles. The van der Waals surface area contributed by atoms with Gasteiger partial charge in [-0.2, -0.15) is 0 Å². The molecule has 0 unspecified atom stereocenters. The summed E-state index contributed by atoms with van der Waals surface area (Å²) in [5.41, 5.74) is 0.804. The average molecular weight is 232 g/mol. The van der Waals surface area contributed by atoms with Gasteiger partial charge in [-0.15, -0.1) is 0 Å². The van der Waals surface area contributed by atoms with Crippen LogP contribution in [0.15, 0.2) is 34.7 Å². The van der Waals surface area contributed by atoms with Crippen molar-refractivity contribution in [1.29, 1.82) is 0 Å². The molecule has 0 N–H and O–H groups in total. The summed E-state index contributed by atoms with van der Waals surface area (Å²) < 4.78 is 10.8. The fourth-order valence-corrected chi connectivity index (χ4v) is 1.62. The second kappa shape index (κ2) is 5.04. The number of benzene rings is 1. The molecule has 1 aromatic carbocycles. The van der Waals surface area contributed by atoms with E-state index < -0.39 is 0 Å². The summed E-state index contributed by atoms with van der Waals surface area (Å²) in [5.74, 6) is 0.415. The summed E-state index contributed by atoms with van der Waals surface area (Å²) in [4.78, 5) is 11.6. The number of rotatable bonds is 4. The minimum Gasteiger partial charge on any atom is -0.462 e. The number of furan rings is 1. The maximum Gasteiger partial charge on any atom is 0.313 e. The third-order valence-corrected chi connectivity index (χ3v) is 2.70. The zero-order valence-electron chi connectivity index (χ0n) is 10.1. The third-order valence-electron chi connectivity index (χ3n) is 2.70. The highest BCUT2D eigenvalue weighted by Gasteiger charge is 2.12. The summed E-state index contributed by atoms with van der Waals surface area (Å²) in [5, 5.41) is 1.01. The van der Waals surface area contributed by atoms with Crippen LogP contribution in [0.1, 0.15) is 26.0 Å². The molecule has 0 aliphatic carbocycles. The quantitative estimate of drug-likeness (QED) is 0.759. The second-order valence-corrected chi connectivity index (χ2v) is 4.14. The number of hydrogen-bond donors (Lipinski definition) is 0. The molecule has 3 nitrogen and oxygen atoms in total. The highest BCUT2D eigenvalue weighted by Crippen LogP contribution is 2.19. The Morgan fingerprint density at radius 1 is 1.41 bits per heavy atom. The van der Waals surface area contributed by atoms with Crippen LogP contribution in [0.3, 0.4) is 0 Å². The Labute approximate surface area is 100 Å². The van der Waals surface area contributed by atoms with Gasteiger partial charge in [0.2, 0.25) is 0 Å². The van der Waals surface area contributed by atoms with Crippen molar-refractivity contribution in [2.45, 2.75) is 32.8 Å². The molecule has 1 heterocycles. The second-order valence-electron chi connectivity index (χ2n) is 4.14. The molecule has 0 fully saturated rings. The standard InChI is InChI=1S/C14H16O3/c1-3-10(2)16-14(15)9-12-8-11-6-4-5-7-13(11)17-12/h4-8,10H,3,9H2,1-2H3/t10-/m0/s1. The van der Waals surface area contributed by atoms with Gasteiger partial charge in [-0.1, -0.05) is 25.1 Å². The summed E-state index contributed by atoms with van der Waals surface area (Å²) in [6.45, 7) is 3.87. The first-order chi connectivity index (χ1) is 8.19. The van der Waals surface area contributed by atoms with Crippen LogP contribution in [-0.4, -0.2) is 12.1 Å². The first-order valence-corrected chi connectivity index (χ1v) is 5.86. The highest BCUT2D eigenvalue weighted by molar-refractivity contribution is 5.80. The number of fused-ring (bicyclic) bond motifs is 1. The minimum atomic E-state index is -0.238. The van der Waals surface area contributed by atoms with Crippen molar-refractivity contribution in [2.75, 3.05) is 0 Å². The van der Waals surface area contributed by atoms with Gasteiger partial charge in [0, 0.05) is 5.39 Å². The van der Waals surface area contributed by atoms with Crippen molar-refractivity contribution < 1.29 is 13.9 Å². The van der Waals surface area contributed by atoms with Crippen molar-refractivity contribution in [2.24, 2.45) is 0 Å². The van der Waals surface area contributed by atoms with E-state index in [9.17, 15) is 4.79 Å². The predicted molar refractivity (Wildman–Crippen MR) is 65.8 cm³/mol. The van der Waals surface area contributed by atoms with E-state index >= 15 is 0 Å². The van der Waals surface area contributed by atoms with Gasteiger partial charge in [0.05, 0.1) is 6.10 Å². The first-order valence-electron chi connectivity index (χ1n) is 5.86. The van der Waals surface area contributed by atoms with Gasteiger partial charge in [-0.3, -0.25) is 4.79 Å². The zero-order valence-corrected chi connectivity index (χ0v) is 10.1. The molecule has 0 aliphatic rings. The van der Waals surface area contributed by atoms with E-state index in [1.54, 1.807) is 0 Å². The number of carbonyl (C=O) groups is 1. The fraction of sp³-hybridized carbons (Fsp3) is 0.357. The van der Waals surface area contributed by atoms with Crippen molar-refractivity contribution in [3.8, 4) is 0 Å². The number of esters is 1. The van der Waals surface area contributed by atoms with Gasteiger partial charge in [0.15, 0.2) is 0 Å². The van der Waals surface area contributed by atoms with Gasteiger partial charge in [0.25, 0.3) is 0 Å². The maximum atomic E-state index is 11.6. The van der Waals surface area contributed by atoms with Crippen LogP contribution in [0.25, 0.3) is 11.0 Å². The Bertz CT molecular complexity index is 480. The van der Waals surface area contributed by atoms with Crippen molar-refractivity contribution in [3.05, 3.63) is 36.1 Å². The Morgan fingerprint density at radius 2 is 2.18 bits per heavy atom. The summed E-state index contributed by atoms with van der Waals surface area (Å²) in [6.07, 6.45) is 0.983. The van der Waals surface area contributed by atoms with Crippen molar-refractivity contribution in [1.82, 2.24) is 0 Å². The molecule has 17 heavy (non-hydrogen) atoms. The molecule has 0 bridgehead atoms. The van der Waals surface area contributed by atoms with Gasteiger partial charge in [-0.05, 0) is 25.5 Å². The number of ether oxygens (including phenoxy) is 1. The summed E-state index contributed by atoms with van der Waals surface area (Å²) >= 11 is 0. The van der Waals surface area contributed by atoms with Crippen LogP contribution in [0.4, 0.5) is 0 Å². The molecule has 0 radical (unpaired) electrons. The number of para-hydroxylation sites is 1. The number of hydrogen-bond acceptors (Lipinski definition) is 3. The molecule has 0 amide bonds. The SMILES string of the molecule is CC[C@H](C)OC(=O)Cc1cc2ccccc2o1. The van der Waals surface area contributed by atoms with Gasteiger partial charge >= 0.3 is 5.97 Å². The van der Waals surface area contributed by atoms with E-state index in [1.165, 1.54) is 0 Å². The van der Waals surface area contributed by atoms with E-state index in [0.29, 0.717) is 5.76 Å². The van der Waals surface area contributed by atoms with E-state index in [-0.39, 0.29) is 18.5 Å². The Kier molecular flexibility index (Phi) is 3.47. The monoisotopic (exact) mass is 232 g/mol.